The minimum Gasteiger partial charge on any atom is -0.348 e. The van der Waals surface area contributed by atoms with Crippen LogP contribution in [0, 0.1) is 5.92 Å². The van der Waals surface area contributed by atoms with Crippen LogP contribution in [0.15, 0.2) is 9.47 Å². The van der Waals surface area contributed by atoms with Crippen LogP contribution < -0.4 is 0 Å². The first-order chi connectivity index (χ1) is 6.39. The normalized spacial score (nSPS) is 27.4. The molecule has 0 saturated carbocycles. The van der Waals surface area contributed by atoms with Gasteiger partial charge in [0.1, 0.15) is 0 Å². The van der Waals surface area contributed by atoms with Crippen LogP contribution in [0.1, 0.15) is 27.2 Å². The van der Waals surface area contributed by atoms with Gasteiger partial charge in [0.2, 0.25) is 0 Å². The molecule has 1 aliphatic heterocycles. The van der Waals surface area contributed by atoms with Gasteiger partial charge in [-0.3, -0.25) is 0 Å². The van der Waals surface area contributed by atoms with Crippen molar-refractivity contribution in [2.75, 3.05) is 6.61 Å². The highest BCUT2D eigenvalue weighted by Crippen LogP contribution is 2.27. The van der Waals surface area contributed by atoms with E-state index in [9.17, 15) is 0 Å². The summed E-state index contributed by atoms with van der Waals surface area (Å²) < 4.78 is 12.2. The van der Waals surface area contributed by atoms with Crippen molar-refractivity contribution in [1.82, 2.24) is 0 Å². The first kappa shape index (κ1) is 12.7. The van der Waals surface area contributed by atoms with E-state index in [1.165, 1.54) is 0 Å². The third kappa shape index (κ3) is 4.43. The SMILES string of the molecule is C[C@H](C=C(Br)Br)C[C@H]1COC(C)(C)O1. The molecular weight excluding hydrogens is 312 g/mol. The Bertz CT molecular complexity index is 222. The van der Waals surface area contributed by atoms with E-state index >= 15 is 0 Å². The number of hydrogen-bond donors (Lipinski definition) is 0. The molecule has 0 aliphatic carbocycles. The molecule has 0 aromatic rings. The Morgan fingerprint density at radius 1 is 1.57 bits per heavy atom. The van der Waals surface area contributed by atoms with Crippen LogP contribution >= 0.6 is 31.9 Å². The molecule has 1 heterocycles. The Morgan fingerprint density at radius 2 is 2.21 bits per heavy atom. The zero-order chi connectivity index (χ0) is 10.8. The third-order valence-corrected chi connectivity index (χ3v) is 2.64. The molecule has 1 aliphatic rings. The van der Waals surface area contributed by atoms with E-state index in [-0.39, 0.29) is 6.10 Å². The lowest BCUT2D eigenvalue weighted by atomic mass is 10.0. The summed E-state index contributed by atoms with van der Waals surface area (Å²) in [6.45, 7) is 6.77. The molecule has 0 unspecified atom stereocenters. The second-order valence-electron chi connectivity index (χ2n) is 4.12. The van der Waals surface area contributed by atoms with Gasteiger partial charge in [-0.25, -0.2) is 0 Å². The summed E-state index contributed by atoms with van der Waals surface area (Å²) in [5.74, 6) is 0.0750. The molecule has 0 N–H and O–H groups in total. The second kappa shape index (κ2) is 5.10. The van der Waals surface area contributed by atoms with Gasteiger partial charge in [0.15, 0.2) is 5.79 Å². The van der Waals surface area contributed by atoms with E-state index in [1.807, 2.05) is 13.8 Å². The van der Waals surface area contributed by atoms with Gasteiger partial charge in [-0.1, -0.05) is 13.0 Å². The van der Waals surface area contributed by atoms with E-state index in [2.05, 4.69) is 44.9 Å². The molecule has 0 radical (unpaired) electrons. The van der Waals surface area contributed by atoms with E-state index in [4.69, 9.17) is 9.47 Å². The lowest BCUT2D eigenvalue weighted by molar-refractivity contribution is -0.139. The lowest BCUT2D eigenvalue weighted by Gasteiger charge is -2.18. The van der Waals surface area contributed by atoms with E-state index < -0.39 is 5.79 Å². The van der Waals surface area contributed by atoms with Gasteiger partial charge in [-0.2, -0.15) is 0 Å². The highest BCUT2D eigenvalue weighted by atomic mass is 79.9. The number of hydrogen-bond acceptors (Lipinski definition) is 2. The largest absolute Gasteiger partial charge is 0.348 e. The molecular formula is C10H16Br2O2. The monoisotopic (exact) mass is 326 g/mol. The van der Waals surface area contributed by atoms with Crippen molar-refractivity contribution >= 4 is 31.9 Å². The molecule has 0 spiro atoms. The van der Waals surface area contributed by atoms with Crippen molar-refractivity contribution < 1.29 is 9.47 Å². The molecule has 14 heavy (non-hydrogen) atoms. The predicted molar refractivity (Wildman–Crippen MR) is 64.6 cm³/mol. The van der Waals surface area contributed by atoms with Crippen molar-refractivity contribution in [1.29, 1.82) is 0 Å². The van der Waals surface area contributed by atoms with Gasteiger partial charge >= 0.3 is 0 Å². The van der Waals surface area contributed by atoms with Crippen LogP contribution in [0.5, 0.6) is 0 Å². The maximum absolute atomic E-state index is 5.72. The van der Waals surface area contributed by atoms with Crippen molar-refractivity contribution in [2.24, 2.45) is 5.92 Å². The minimum atomic E-state index is -0.403. The Morgan fingerprint density at radius 3 is 2.64 bits per heavy atom. The Kier molecular flexibility index (Phi) is 4.62. The number of ether oxygens (including phenoxy) is 2. The van der Waals surface area contributed by atoms with E-state index in [0.717, 1.165) is 9.81 Å². The first-order valence-electron chi connectivity index (χ1n) is 4.73. The molecule has 1 saturated heterocycles. The average molecular weight is 328 g/mol. The van der Waals surface area contributed by atoms with Crippen molar-refractivity contribution in [3.8, 4) is 0 Å². The summed E-state index contributed by atoms with van der Waals surface area (Å²) in [7, 11) is 0. The summed E-state index contributed by atoms with van der Waals surface area (Å²) >= 11 is 6.71. The number of halogens is 2. The van der Waals surface area contributed by atoms with Gasteiger partial charge in [0.05, 0.1) is 16.1 Å². The summed E-state index contributed by atoms with van der Waals surface area (Å²) in [6.07, 6.45) is 3.33. The zero-order valence-corrected chi connectivity index (χ0v) is 11.9. The summed E-state index contributed by atoms with van der Waals surface area (Å²) in [5.41, 5.74) is 0. The van der Waals surface area contributed by atoms with E-state index in [1.54, 1.807) is 0 Å². The summed E-state index contributed by atoms with van der Waals surface area (Å²) in [4.78, 5) is 0. The second-order valence-corrected chi connectivity index (χ2v) is 6.89. The highest BCUT2D eigenvalue weighted by Gasteiger charge is 2.32. The third-order valence-electron chi connectivity index (χ3n) is 2.11. The topological polar surface area (TPSA) is 18.5 Å². The van der Waals surface area contributed by atoms with Crippen LogP contribution in [0.25, 0.3) is 0 Å². The van der Waals surface area contributed by atoms with Crippen molar-refractivity contribution in [2.45, 2.75) is 39.1 Å². The molecule has 0 aromatic carbocycles. The smallest absolute Gasteiger partial charge is 0.163 e. The summed E-state index contributed by atoms with van der Waals surface area (Å²) in [5, 5.41) is 0. The fourth-order valence-corrected chi connectivity index (χ4v) is 2.48. The quantitative estimate of drug-likeness (QED) is 0.785. The molecule has 2 atom stereocenters. The molecule has 0 aromatic heterocycles. The maximum Gasteiger partial charge on any atom is 0.163 e. The molecule has 1 fully saturated rings. The zero-order valence-electron chi connectivity index (χ0n) is 8.72. The van der Waals surface area contributed by atoms with Crippen molar-refractivity contribution in [3.63, 3.8) is 0 Å². The Labute approximate surface area is 102 Å². The molecule has 0 amide bonds. The molecule has 1 rings (SSSR count). The predicted octanol–water partition coefficient (Wildman–Crippen LogP) is 3.80. The molecule has 82 valence electrons. The van der Waals surface area contributed by atoms with Crippen LogP contribution in [0.3, 0.4) is 0 Å². The first-order valence-corrected chi connectivity index (χ1v) is 6.32. The van der Waals surface area contributed by atoms with Gasteiger partial charge in [0, 0.05) is 0 Å². The minimum absolute atomic E-state index is 0.218. The van der Waals surface area contributed by atoms with Crippen LogP contribution in [0.2, 0.25) is 0 Å². The summed E-state index contributed by atoms with van der Waals surface area (Å²) in [6, 6.07) is 0. The van der Waals surface area contributed by atoms with Crippen LogP contribution in [-0.4, -0.2) is 18.5 Å². The van der Waals surface area contributed by atoms with Gasteiger partial charge in [-0.05, 0) is 58.0 Å². The number of rotatable bonds is 3. The molecule has 0 bridgehead atoms. The molecule has 2 nitrogen and oxygen atoms in total. The Balaban J connectivity index is 2.36. The van der Waals surface area contributed by atoms with E-state index in [0.29, 0.717) is 12.5 Å². The van der Waals surface area contributed by atoms with Gasteiger partial charge in [0.25, 0.3) is 0 Å². The molecule has 4 heteroatoms. The Hall–Kier alpha value is 0.620. The van der Waals surface area contributed by atoms with Crippen LogP contribution in [-0.2, 0) is 9.47 Å². The fraction of sp³-hybridized carbons (Fsp3) is 0.800. The maximum atomic E-state index is 5.72. The van der Waals surface area contributed by atoms with Gasteiger partial charge < -0.3 is 9.47 Å². The van der Waals surface area contributed by atoms with Crippen molar-refractivity contribution in [3.05, 3.63) is 9.47 Å². The number of allylic oxidation sites excluding steroid dienone is 1. The van der Waals surface area contributed by atoms with Crippen LogP contribution in [0.4, 0.5) is 0 Å². The average Bonchev–Trinajstić information content (AvgIpc) is 2.27. The lowest BCUT2D eigenvalue weighted by Crippen LogP contribution is -2.22. The highest BCUT2D eigenvalue weighted by molar-refractivity contribution is 9.28. The fourth-order valence-electron chi connectivity index (χ4n) is 1.58. The standard InChI is InChI=1S/C10H16Br2O2/c1-7(5-9(11)12)4-8-6-13-10(2,3)14-8/h5,7-8H,4,6H2,1-3H3/t7-,8-/m0/s1. The van der Waals surface area contributed by atoms with Gasteiger partial charge in [-0.15, -0.1) is 0 Å².